The molecule has 0 amide bonds. The minimum atomic E-state index is -0.315. The molecule has 1 aliphatic carbocycles. The van der Waals surface area contributed by atoms with Crippen molar-refractivity contribution in [2.24, 2.45) is 4.99 Å². The second-order valence-corrected chi connectivity index (χ2v) is 4.02. The number of benzene rings is 1. The van der Waals surface area contributed by atoms with Crippen LogP contribution in [0.5, 0.6) is 0 Å². The quantitative estimate of drug-likeness (QED) is 0.757. The highest BCUT2D eigenvalue weighted by molar-refractivity contribution is 5.81. The molecule has 1 aromatic carbocycles. The van der Waals surface area contributed by atoms with E-state index < -0.39 is 0 Å². The van der Waals surface area contributed by atoms with Gasteiger partial charge in [-0.1, -0.05) is 18.2 Å². The van der Waals surface area contributed by atoms with Crippen molar-refractivity contribution in [3.8, 4) is 12.1 Å². The monoisotopic (exact) mass is 251 g/mol. The van der Waals surface area contributed by atoms with Gasteiger partial charge in [0.1, 0.15) is 11.9 Å². The fraction of sp³-hybridized carbons (Fsp3) is 0.133. The van der Waals surface area contributed by atoms with E-state index in [0.29, 0.717) is 35.2 Å². The highest BCUT2D eigenvalue weighted by Gasteiger charge is 2.14. The maximum absolute atomic E-state index is 12.8. The summed E-state index contributed by atoms with van der Waals surface area (Å²) in [6, 6.07) is 9.97. The molecule has 0 aromatic heterocycles. The summed E-state index contributed by atoms with van der Waals surface area (Å²) in [6.45, 7) is 0. The molecule has 0 bridgehead atoms. The maximum Gasteiger partial charge on any atom is 0.123 e. The molecule has 0 atom stereocenters. The van der Waals surface area contributed by atoms with Crippen molar-refractivity contribution in [2.45, 2.75) is 12.8 Å². The normalized spacial score (nSPS) is 15.0. The summed E-state index contributed by atoms with van der Waals surface area (Å²) in [7, 11) is 0. The van der Waals surface area contributed by atoms with Gasteiger partial charge in [-0.2, -0.15) is 10.5 Å². The first-order chi connectivity index (χ1) is 9.24. The molecule has 92 valence electrons. The topological polar surface area (TPSA) is 59.9 Å². The average Bonchev–Trinajstić information content (AvgIpc) is 2.46. The van der Waals surface area contributed by atoms with E-state index in [4.69, 9.17) is 10.5 Å². The number of rotatable bonds is 2. The second-order valence-electron chi connectivity index (χ2n) is 4.02. The zero-order valence-electron chi connectivity index (χ0n) is 10.1. The van der Waals surface area contributed by atoms with Crippen LogP contribution in [0.1, 0.15) is 18.4 Å². The van der Waals surface area contributed by atoms with Gasteiger partial charge in [0.2, 0.25) is 0 Å². The predicted molar refractivity (Wildman–Crippen MR) is 69.6 cm³/mol. The van der Waals surface area contributed by atoms with Gasteiger partial charge in [-0.15, -0.1) is 0 Å². The largest absolute Gasteiger partial charge is 0.254 e. The van der Waals surface area contributed by atoms with Crippen LogP contribution >= 0.6 is 0 Å². The molecular formula is C15H10FN3. The molecule has 0 radical (unpaired) electrons. The first-order valence-electron chi connectivity index (χ1n) is 5.78. The van der Waals surface area contributed by atoms with Crippen LogP contribution in [0.15, 0.2) is 52.2 Å². The van der Waals surface area contributed by atoms with Crippen molar-refractivity contribution in [3.05, 3.63) is 58.6 Å². The molecule has 0 saturated heterocycles. The SMILES string of the molecule is N#CC1=CCCC(C#N)=C1N=Cc1ccc(F)cc1. The third-order valence-electron chi connectivity index (χ3n) is 2.75. The number of allylic oxidation sites excluding steroid dienone is 3. The fourth-order valence-electron chi connectivity index (χ4n) is 1.78. The summed E-state index contributed by atoms with van der Waals surface area (Å²) in [5, 5.41) is 18.1. The minimum Gasteiger partial charge on any atom is -0.254 e. The Morgan fingerprint density at radius 3 is 2.53 bits per heavy atom. The number of hydrogen-bond acceptors (Lipinski definition) is 3. The molecule has 2 rings (SSSR count). The molecule has 3 nitrogen and oxygen atoms in total. The summed E-state index contributed by atoms with van der Waals surface area (Å²) in [6.07, 6.45) is 4.58. The number of nitriles is 2. The highest BCUT2D eigenvalue weighted by Crippen LogP contribution is 2.25. The smallest absolute Gasteiger partial charge is 0.123 e. The lowest BCUT2D eigenvalue weighted by Crippen LogP contribution is -1.98. The van der Waals surface area contributed by atoms with Gasteiger partial charge in [0, 0.05) is 6.21 Å². The number of aliphatic imine (C=N–C) groups is 1. The third-order valence-corrected chi connectivity index (χ3v) is 2.75. The van der Waals surface area contributed by atoms with Crippen molar-refractivity contribution in [2.75, 3.05) is 0 Å². The molecule has 19 heavy (non-hydrogen) atoms. The molecule has 4 heteroatoms. The first-order valence-corrected chi connectivity index (χ1v) is 5.78. The Balaban J connectivity index is 2.32. The Bertz CT molecular complexity index is 652. The zero-order valence-corrected chi connectivity index (χ0v) is 10.1. The van der Waals surface area contributed by atoms with Crippen LogP contribution in [0.25, 0.3) is 0 Å². The van der Waals surface area contributed by atoms with Gasteiger partial charge in [-0.3, -0.25) is 4.99 Å². The van der Waals surface area contributed by atoms with E-state index in [1.54, 1.807) is 18.2 Å². The van der Waals surface area contributed by atoms with E-state index in [-0.39, 0.29) is 5.82 Å². The maximum atomic E-state index is 12.8. The van der Waals surface area contributed by atoms with Gasteiger partial charge in [-0.05, 0) is 30.5 Å². The average molecular weight is 251 g/mol. The zero-order chi connectivity index (χ0) is 13.7. The third kappa shape index (κ3) is 2.94. The van der Waals surface area contributed by atoms with Crippen LogP contribution < -0.4 is 0 Å². The van der Waals surface area contributed by atoms with Crippen molar-refractivity contribution in [1.29, 1.82) is 10.5 Å². The molecule has 1 aromatic rings. The second kappa shape index (κ2) is 5.75. The molecule has 0 fully saturated rings. The summed E-state index contributed by atoms with van der Waals surface area (Å²) in [4.78, 5) is 4.21. The fourth-order valence-corrected chi connectivity index (χ4v) is 1.78. The molecule has 1 aliphatic rings. The van der Waals surface area contributed by atoms with Crippen molar-refractivity contribution in [3.63, 3.8) is 0 Å². The van der Waals surface area contributed by atoms with Crippen LogP contribution in [0.4, 0.5) is 4.39 Å². The molecule has 0 saturated carbocycles. The van der Waals surface area contributed by atoms with Gasteiger partial charge in [0.15, 0.2) is 0 Å². The van der Waals surface area contributed by atoms with Crippen LogP contribution in [0.2, 0.25) is 0 Å². The Morgan fingerprint density at radius 1 is 1.16 bits per heavy atom. The minimum absolute atomic E-state index is 0.315. The summed E-state index contributed by atoms with van der Waals surface area (Å²) >= 11 is 0. The summed E-state index contributed by atoms with van der Waals surface area (Å²) in [5.41, 5.74) is 2.06. The predicted octanol–water partition coefficient (Wildman–Crippen LogP) is 3.27. The Morgan fingerprint density at radius 2 is 1.89 bits per heavy atom. The molecule has 0 aliphatic heterocycles. The lowest BCUT2D eigenvalue weighted by Gasteiger charge is -2.09. The van der Waals surface area contributed by atoms with Crippen molar-refractivity contribution in [1.82, 2.24) is 0 Å². The Kier molecular flexibility index (Phi) is 3.85. The molecular weight excluding hydrogens is 241 g/mol. The van der Waals surface area contributed by atoms with Crippen LogP contribution in [0, 0.1) is 28.5 Å². The van der Waals surface area contributed by atoms with E-state index in [0.717, 1.165) is 0 Å². The summed E-state index contributed by atoms with van der Waals surface area (Å²) < 4.78 is 12.8. The number of hydrogen-bond donors (Lipinski definition) is 0. The van der Waals surface area contributed by atoms with Gasteiger partial charge >= 0.3 is 0 Å². The Labute approximate surface area is 110 Å². The molecule has 0 heterocycles. The summed E-state index contributed by atoms with van der Waals surface area (Å²) in [5.74, 6) is -0.315. The highest BCUT2D eigenvalue weighted by atomic mass is 19.1. The van der Waals surface area contributed by atoms with E-state index in [9.17, 15) is 4.39 Å². The van der Waals surface area contributed by atoms with Gasteiger partial charge in [-0.25, -0.2) is 4.39 Å². The lowest BCUT2D eigenvalue weighted by atomic mass is 9.97. The Hall–Kier alpha value is -2.72. The standard InChI is InChI=1S/C15H10FN3/c16-14-6-4-11(5-7-14)10-19-15-12(8-17)2-1-3-13(15)9-18/h2,4-7,10H,1,3H2. The van der Waals surface area contributed by atoms with E-state index in [2.05, 4.69) is 11.1 Å². The van der Waals surface area contributed by atoms with Crippen LogP contribution in [-0.2, 0) is 0 Å². The van der Waals surface area contributed by atoms with Gasteiger partial charge in [0.25, 0.3) is 0 Å². The van der Waals surface area contributed by atoms with Gasteiger partial charge < -0.3 is 0 Å². The molecule has 0 spiro atoms. The van der Waals surface area contributed by atoms with Gasteiger partial charge in [0.05, 0.1) is 22.9 Å². The van der Waals surface area contributed by atoms with E-state index >= 15 is 0 Å². The van der Waals surface area contributed by atoms with Crippen molar-refractivity contribution < 1.29 is 4.39 Å². The van der Waals surface area contributed by atoms with Crippen LogP contribution in [-0.4, -0.2) is 6.21 Å². The van der Waals surface area contributed by atoms with E-state index in [1.165, 1.54) is 18.3 Å². The van der Waals surface area contributed by atoms with E-state index in [1.807, 2.05) is 6.07 Å². The molecule has 0 unspecified atom stereocenters. The lowest BCUT2D eigenvalue weighted by molar-refractivity contribution is 0.628. The van der Waals surface area contributed by atoms with Crippen molar-refractivity contribution >= 4 is 6.21 Å². The number of nitrogens with zero attached hydrogens (tertiary/aromatic N) is 3. The first kappa shape index (κ1) is 12.7. The molecule has 0 N–H and O–H groups in total. The number of halogens is 1. The van der Waals surface area contributed by atoms with Crippen LogP contribution in [0.3, 0.4) is 0 Å².